The third-order valence-electron chi connectivity index (χ3n) is 5.52. The van der Waals surface area contributed by atoms with Crippen molar-refractivity contribution in [2.45, 2.75) is 38.0 Å². The number of benzene rings is 1. The summed E-state index contributed by atoms with van der Waals surface area (Å²) in [6.07, 6.45) is 0. The Kier molecular flexibility index (Phi) is 6.06. The summed E-state index contributed by atoms with van der Waals surface area (Å²) in [6, 6.07) is 4.62. The van der Waals surface area contributed by atoms with E-state index in [-0.39, 0.29) is 34.8 Å². The Balaban J connectivity index is 1.92. The molecule has 1 aromatic carbocycles. The van der Waals surface area contributed by atoms with Gasteiger partial charge in [0.05, 0.1) is 36.0 Å². The number of sulfonamides is 1. The highest BCUT2D eigenvalue weighted by Gasteiger charge is 2.29. The molecule has 11 heteroatoms. The van der Waals surface area contributed by atoms with Gasteiger partial charge >= 0.3 is 0 Å². The number of aryl methyl sites for hydroxylation is 1. The minimum absolute atomic E-state index is 0.104. The zero-order valence-corrected chi connectivity index (χ0v) is 20.3. The van der Waals surface area contributed by atoms with Gasteiger partial charge in [-0.3, -0.25) is 9.48 Å². The zero-order chi connectivity index (χ0) is 24.0. The Bertz CT molecular complexity index is 1350. The van der Waals surface area contributed by atoms with Gasteiger partial charge < -0.3 is 14.5 Å². The lowest BCUT2D eigenvalue weighted by molar-refractivity contribution is 0.0730. The Morgan fingerprint density at radius 2 is 1.91 bits per heavy atom. The lowest BCUT2D eigenvalue weighted by Crippen LogP contribution is -2.40. The molecular weight excluding hydrogens is 446 g/mol. The minimum atomic E-state index is -3.74. The van der Waals surface area contributed by atoms with Crippen molar-refractivity contribution in [1.29, 1.82) is 0 Å². The third kappa shape index (κ3) is 4.28. The fourth-order valence-electron chi connectivity index (χ4n) is 3.88. The fraction of sp³-hybridized carbons (Fsp3) is 0.500. The maximum absolute atomic E-state index is 13.2. The molecular formula is C22H29N5O5S. The molecule has 0 saturated carbocycles. The summed E-state index contributed by atoms with van der Waals surface area (Å²) < 4.78 is 40.4. The second-order valence-electron chi connectivity index (χ2n) is 8.94. The monoisotopic (exact) mass is 475 g/mol. The summed E-state index contributed by atoms with van der Waals surface area (Å²) in [7, 11) is -2.04. The van der Waals surface area contributed by atoms with Crippen molar-refractivity contribution in [3.8, 4) is 17.1 Å². The lowest BCUT2D eigenvalue weighted by Gasteiger charge is -2.26. The summed E-state index contributed by atoms with van der Waals surface area (Å²) >= 11 is 0. The van der Waals surface area contributed by atoms with Crippen molar-refractivity contribution in [2.24, 2.45) is 7.05 Å². The van der Waals surface area contributed by atoms with Crippen LogP contribution in [0.25, 0.3) is 22.4 Å². The topological polar surface area (TPSA) is 119 Å². The smallest absolute Gasteiger partial charge is 0.277 e. The first-order valence-electron chi connectivity index (χ1n) is 10.9. The Morgan fingerprint density at radius 3 is 2.55 bits per heavy atom. The van der Waals surface area contributed by atoms with Crippen LogP contribution in [0.1, 0.15) is 33.4 Å². The highest BCUT2D eigenvalue weighted by molar-refractivity contribution is 7.89. The SMILES string of the molecule is CCOc1ccc(S(=O)(=O)N2CCOCC2)cc1-c1nc2c(C(C)(C)C)nn(C)c2c(=O)[nH]1. The van der Waals surface area contributed by atoms with Gasteiger partial charge in [-0.15, -0.1) is 0 Å². The average molecular weight is 476 g/mol. The van der Waals surface area contributed by atoms with Gasteiger partial charge in [0.1, 0.15) is 17.1 Å². The van der Waals surface area contributed by atoms with E-state index in [1.165, 1.54) is 21.1 Å². The van der Waals surface area contributed by atoms with E-state index in [9.17, 15) is 13.2 Å². The van der Waals surface area contributed by atoms with Gasteiger partial charge in [0.15, 0.2) is 5.52 Å². The first-order valence-corrected chi connectivity index (χ1v) is 12.3. The summed E-state index contributed by atoms with van der Waals surface area (Å²) in [5.74, 6) is 0.663. The molecule has 0 aliphatic carbocycles. The van der Waals surface area contributed by atoms with Crippen LogP contribution in [0, 0.1) is 0 Å². The number of morpholine rings is 1. The van der Waals surface area contributed by atoms with Crippen LogP contribution in [0.2, 0.25) is 0 Å². The standard InChI is InChI=1S/C22H29N5O5S/c1-6-32-16-8-7-14(33(29,30)27-9-11-31-12-10-27)13-15(16)20-23-17-18(21(28)24-20)26(5)25-19(17)22(2,3)4/h7-8,13H,6,9-12H2,1-5H3,(H,23,24,28). The number of nitrogens with one attached hydrogen (secondary N) is 1. The number of rotatable bonds is 5. The van der Waals surface area contributed by atoms with E-state index in [1.54, 1.807) is 13.1 Å². The largest absolute Gasteiger partial charge is 0.493 e. The van der Waals surface area contributed by atoms with Gasteiger partial charge in [0, 0.05) is 25.6 Å². The lowest BCUT2D eigenvalue weighted by atomic mass is 9.91. The quantitative estimate of drug-likeness (QED) is 0.600. The molecule has 0 amide bonds. The molecule has 1 saturated heterocycles. The van der Waals surface area contributed by atoms with Crippen molar-refractivity contribution in [3.05, 3.63) is 34.2 Å². The molecule has 0 atom stereocenters. The van der Waals surface area contributed by atoms with Crippen molar-refractivity contribution >= 4 is 21.1 Å². The van der Waals surface area contributed by atoms with E-state index in [1.807, 2.05) is 27.7 Å². The Labute approximate surface area is 192 Å². The van der Waals surface area contributed by atoms with E-state index in [4.69, 9.17) is 14.5 Å². The van der Waals surface area contributed by atoms with E-state index in [0.717, 1.165) is 0 Å². The minimum Gasteiger partial charge on any atom is -0.493 e. The van der Waals surface area contributed by atoms with E-state index >= 15 is 0 Å². The normalized spacial score (nSPS) is 15.8. The molecule has 1 fully saturated rings. The summed E-state index contributed by atoms with van der Waals surface area (Å²) in [5.41, 5.74) is 1.22. The van der Waals surface area contributed by atoms with Crippen molar-refractivity contribution in [1.82, 2.24) is 24.1 Å². The van der Waals surface area contributed by atoms with Crippen LogP contribution in [-0.2, 0) is 27.2 Å². The number of aromatic amines is 1. The summed E-state index contributed by atoms with van der Waals surface area (Å²) in [6.45, 7) is 9.48. The highest BCUT2D eigenvalue weighted by Crippen LogP contribution is 2.33. The van der Waals surface area contributed by atoms with Crippen LogP contribution in [0.4, 0.5) is 0 Å². The van der Waals surface area contributed by atoms with Crippen molar-refractivity contribution in [2.75, 3.05) is 32.9 Å². The molecule has 0 unspecified atom stereocenters. The van der Waals surface area contributed by atoms with Crippen LogP contribution in [-0.4, -0.2) is 65.4 Å². The molecule has 33 heavy (non-hydrogen) atoms. The Morgan fingerprint density at radius 1 is 1.21 bits per heavy atom. The number of hydrogen-bond acceptors (Lipinski definition) is 7. The number of H-pyrrole nitrogens is 1. The average Bonchev–Trinajstić information content (AvgIpc) is 3.12. The van der Waals surface area contributed by atoms with Gasteiger partial charge in [0.25, 0.3) is 5.56 Å². The molecule has 3 heterocycles. The zero-order valence-electron chi connectivity index (χ0n) is 19.5. The Hall–Kier alpha value is -2.76. The third-order valence-corrected chi connectivity index (χ3v) is 7.41. The van der Waals surface area contributed by atoms with E-state index in [2.05, 4.69) is 10.1 Å². The maximum Gasteiger partial charge on any atom is 0.277 e. The molecule has 1 aliphatic heterocycles. The van der Waals surface area contributed by atoms with E-state index < -0.39 is 10.0 Å². The van der Waals surface area contributed by atoms with Crippen molar-refractivity contribution in [3.63, 3.8) is 0 Å². The second kappa shape index (κ2) is 8.54. The molecule has 1 aliphatic rings. The van der Waals surface area contributed by atoms with Crippen LogP contribution in [0.15, 0.2) is 27.9 Å². The number of aromatic nitrogens is 4. The molecule has 4 rings (SSSR count). The summed E-state index contributed by atoms with van der Waals surface area (Å²) in [5, 5.41) is 4.52. The molecule has 1 N–H and O–H groups in total. The number of fused-ring (bicyclic) bond motifs is 1. The molecule has 178 valence electrons. The van der Waals surface area contributed by atoms with Crippen LogP contribution < -0.4 is 10.3 Å². The number of ether oxygens (including phenoxy) is 2. The fourth-order valence-corrected chi connectivity index (χ4v) is 5.32. The van der Waals surface area contributed by atoms with Crippen LogP contribution >= 0.6 is 0 Å². The molecule has 3 aromatic rings. The number of nitrogens with zero attached hydrogens (tertiary/aromatic N) is 4. The second-order valence-corrected chi connectivity index (χ2v) is 10.9. The van der Waals surface area contributed by atoms with Crippen LogP contribution in [0.3, 0.4) is 0 Å². The van der Waals surface area contributed by atoms with Gasteiger partial charge in [-0.25, -0.2) is 13.4 Å². The van der Waals surface area contributed by atoms with Crippen molar-refractivity contribution < 1.29 is 17.9 Å². The molecule has 0 radical (unpaired) electrons. The van der Waals surface area contributed by atoms with Gasteiger partial charge in [-0.2, -0.15) is 9.40 Å². The van der Waals surface area contributed by atoms with E-state index in [0.29, 0.717) is 47.9 Å². The predicted molar refractivity (Wildman–Crippen MR) is 124 cm³/mol. The highest BCUT2D eigenvalue weighted by atomic mass is 32.2. The van der Waals surface area contributed by atoms with Gasteiger partial charge in [0.2, 0.25) is 10.0 Å². The predicted octanol–water partition coefficient (Wildman–Crippen LogP) is 2.04. The molecule has 0 spiro atoms. The van der Waals surface area contributed by atoms with Gasteiger partial charge in [-0.05, 0) is 25.1 Å². The van der Waals surface area contributed by atoms with Crippen LogP contribution in [0.5, 0.6) is 5.75 Å². The van der Waals surface area contributed by atoms with Gasteiger partial charge in [-0.1, -0.05) is 20.8 Å². The first-order chi connectivity index (χ1) is 15.5. The molecule has 0 bridgehead atoms. The molecule has 10 nitrogen and oxygen atoms in total. The first kappa shape index (κ1) is 23.4. The molecule has 2 aromatic heterocycles. The summed E-state index contributed by atoms with van der Waals surface area (Å²) in [4.78, 5) is 20.6. The maximum atomic E-state index is 13.2. The number of hydrogen-bond donors (Lipinski definition) is 1.